The van der Waals surface area contributed by atoms with Crippen molar-refractivity contribution in [2.45, 2.75) is 5.66 Å². The van der Waals surface area contributed by atoms with Crippen LogP contribution in [0, 0.1) is 0 Å². The average Bonchev–Trinajstić information content (AvgIpc) is 2.58. The van der Waals surface area contributed by atoms with Crippen LogP contribution in [0.15, 0.2) is 94.6 Å². The summed E-state index contributed by atoms with van der Waals surface area (Å²) in [6.07, 6.45) is 8.92. The van der Waals surface area contributed by atoms with E-state index in [2.05, 4.69) is 112 Å². The van der Waals surface area contributed by atoms with E-state index in [1.807, 2.05) is 0 Å². The maximum Gasteiger partial charge on any atom is 0.120 e. The molecule has 0 radical (unpaired) electrons. The Morgan fingerprint density at radius 1 is 0.818 bits per heavy atom. The molecule has 0 nitrogen and oxygen atoms in total. The first-order valence-electron chi connectivity index (χ1n) is 7.03. The van der Waals surface area contributed by atoms with Gasteiger partial charge in [0.15, 0.2) is 0 Å². The molecule has 0 saturated heterocycles. The van der Waals surface area contributed by atoms with Crippen LogP contribution in [0.5, 0.6) is 0 Å². The largest absolute Gasteiger partial charge is 1.00 e. The van der Waals surface area contributed by atoms with Crippen LogP contribution in [0.3, 0.4) is 0 Å². The van der Waals surface area contributed by atoms with Crippen LogP contribution in [0.4, 0.5) is 0 Å². The van der Waals surface area contributed by atoms with Gasteiger partial charge in [0.1, 0.15) is 5.66 Å². The number of allylic oxidation sites excluding steroid dienone is 5. The van der Waals surface area contributed by atoms with E-state index in [0.717, 1.165) is 0 Å². The van der Waals surface area contributed by atoms with Gasteiger partial charge in [-0.05, 0) is 34.4 Å². The lowest BCUT2D eigenvalue weighted by Crippen LogP contribution is -3.00. The molecule has 2 aromatic rings. The van der Waals surface area contributed by atoms with Gasteiger partial charge in [-0.3, -0.25) is 0 Å². The Kier molecular flexibility index (Phi) is 7.32. The van der Waals surface area contributed by atoms with E-state index in [1.54, 1.807) is 0 Å². The van der Waals surface area contributed by atoms with Gasteiger partial charge in [0.2, 0.25) is 0 Å². The van der Waals surface area contributed by atoms with Crippen molar-refractivity contribution in [2.75, 3.05) is 0 Å². The van der Waals surface area contributed by atoms with Crippen molar-refractivity contribution in [2.24, 2.45) is 0 Å². The van der Waals surface area contributed by atoms with Gasteiger partial charge in [-0.1, -0.05) is 77.2 Å². The fraction of sp³-hybridized carbons (Fsp3) is 0.0526. The molecule has 1 atom stereocenters. The van der Waals surface area contributed by atoms with Crippen LogP contribution in [-0.2, 0) is 0 Å². The Bertz CT molecular complexity index is 636. The molecule has 1 aliphatic carbocycles. The summed E-state index contributed by atoms with van der Waals surface area (Å²) in [5, 5.41) is 2.93. The van der Waals surface area contributed by atoms with Crippen molar-refractivity contribution >= 4 is 41.1 Å². The van der Waals surface area contributed by atoms with Gasteiger partial charge in [0, 0.05) is 5.57 Å². The summed E-state index contributed by atoms with van der Waals surface area (Å²) in [6.45, 7) is 0. The van der Waals surface area contributed by atoms with E-state index < -0.39 is 7.92 Å². The number of halogens is 2. The fourth-order valence-electron chi connectivity index (χ4n) is 2.69. The summed E-state index contributed by atoms with van der Waals surface area (Å²) < 4.78 is 2.22. The zero-order valence-electron chi connectivity index (χ0n) is 12.0. The average molecular weight is 530 g/mol. The van der Waals surface area contributed by atoms with E-state index in [9.17, 15) is 0 Å². The Hall–Kier alpha value is -0.450. The van der Waals surface area contributed by atoms with E-state index in [0.29, 0.717) is 5.66 Å². The second kappa shape index (κ2) is 8.99. The molecule has 3 rings (SSSR count). The van der Waals surface area contributed by atoms with Gasteiger partial charge >= 0.3 is 0 Å². The van der Waals surface area contributed by atoms with Gasteiger partial charge < -0.3 is 24.0 Å². The molecule has 112 valence electrons. The van der Waals surface area contributed by atoms with Crippen molar-refractivity contribution in [3.63, 3.8) is 0 Å². The van der Waals surface area contributed by atoms with Gasteiger partial charge in [-0.2, -0.15) is 0 Å². The molecule has 22 heavy (non-hydrogen) atoms. The number of rotatable bonds is 3. The highest BCUT2D eigenvalue weighted by molar-refractivity contribution is 14.1. The minimum atomic E-state index is -0.872. The molecule has 0 saturated carbocycles. The highest BCUT2D eigenvalue weighted by Gasteiger charge is 2.33. The topological polar surface area (TPSA) is 0 Å². The molecule has 0 bridgehead atoms. The van der Waals surface area contributed by atoms with Gasteiger partial charge in [-0.15, -0.1) is 0 Å². The summed E-state index contributed by atoms with van der Waals surface area (Å²) in [5.41, 5.74) is 1.90. The van der Waals surface area contributed by atoms with Crippen molar-refractivity contribution in [3.05, 3.63) is 94.6 Å². The first-order valence-corrected chi connectivity index (χ1v) is 9.85. The lowest BCUT2D eigenvalue weighted by atomic mass is 10.1. The predicted octanol–water partition coefficient (Wildman–Crippen LogP) is 1.67. The lowest BCUT2D eigenvalue weighted by Gasteiger charge is -2.21. The normalized spacial score (nSPS) is 18.5. The van der Waals surface area contributed by atoms with Crippen molar-refractivity contribution < 1.29 is 24.0 Å². The van der Waals surface area contributed by atoms with E-state index in [-0.39, 0.29) is 24.0 Å². The summed E-state index contributed by atoms with van der Waals surface area (Å²) >= 11 is 2.36. The van der Waals surface area contributed by atoms with Crippen LogP contribution in [0.25, 0.3) is 0 Å². The monoisotopic (exact) mass is 530 g/mol. The van der Waals surface area contributed by atoms with E-state index in [1.165, 1.54) is 16.2 Å². The predicted molar refractivity (Wildman–Crippen MR) is 105 cm³/mol. The molecule has 0 aliphatic heterocycles. The summed E-state index contributed by atoms with van der Waals surface area (Å²) in [6, 6.07) is 21.9. The van der Waals surface area contributed by atoms with E-state index in [4.69, 9.17) is 0 Å². The molecule has 0 N–H and O–H groups in total. The van der Waals surface area contributed by atoms with Crippen LogP contribution in [0.1, 0.15) is 0 Å². The molecule has 2 aromatic carbocycles. The zero-order chi connectivity index (χ0) is 14.5. The molecule has 1 unspecified atom stereocenters. The zero-order valence-corrected chi connectivity index (χ0v) is 17.3. The number of hydrogen-bond donors (Lipinski definition) is 0. The van der Waals surface area contributed by atoms with Crippen molar-refractivity contribution in [1.29, 1.82) is 0 Å². The molecule has 0 spiro atoms. The second-order valence-corrected chi connectivity index (χ2v) is 8.20. The third-order valence-electron chi connectivity index (χ3n) is 3.67. The van der Waals surface area contributed by atoms with Gasteiger partial charge in [-0.25, -0.2) is 0 Å². The Balaban J connectivity index is 0.00000176. The molecule has 0 heterocycles. The molecule has 1 aliphatic rings. The second-order valence-electron chi connectivity index (χ2n) is 4.98. The molecular formula is C19H17I2P. The minimum Gasteiger partial charge on any atom is -1.00 e. The Morgan fingerprint density at radius 2 is 1.36 bits per heavy atom. The number of hydrogen-bond acceptors (Lipinski definition) is 0. The summed E-state index contributed by atoms with van der Waals surface area (Å²) in [7, 11) is -0.872. The van der Waals surface area contributed by atoms with Crippen LogP contribution in [0.2, 0.25) is 0 Å². The SMILES string of the molecule is IC=C1C=CC=CC1[PH+](c1ccccc1)c1ccccc1.[I-]. The minimum absolute atomic E-state index is 0. The van der Waals surface area contributed by atoms with Crippen LogP contribution >= 0.6 is 30.5 Å². The van der Waals surface area contributed by atoms with Gasteiger partial charge in [0.05, 0.1) is 18.5 Å². The molecule has 3 heteroatoms. The third-order valence-corrected chi connectivity index (χ3v) is 7.45. The van der Waals surface area contributed by atoms with Crippen LogP contribution < -0.4 is 34.6 Å². The van der Waals surface area contributed by atoms with Crippen molar-refractivity contribution in [1.82, 2.24) is 0 Å². The van der Waals surface area contributed by atoms with E-state index >= 15 is 0 Å². The quantitative estimate of drug-likeness (QED) is 0.419. The Morgan fingerprint density at radius 3 is 1.86 bits per heavy atom. The lowest BCUT2D eigenvalue weighted by molar-refractivity contribution is -0.00000382. The maximum absolute atomic E-state index is 2.36. The number of benzene rings is 2. The summed E-state index contributed by atoms with van der Waals surface area (Å²) in [4.78, 5) is 0. The maximum atomic E-state index is 2.36. The summed E-state index contributed by atoms with van der Waals surface area (Å²) in [5.74, 6) is 0. The molecular weight excluding hydrogens is 513 g/mol. The fourth-order valence-corrected chi connectivity index (χ4v) is 6.59. The van der Waals surface area contributed by atoms with Gasteiger partial charge in [0.25, 0.3) is 0 Å². The highest BCUT2D eigenvalue weighted by Crippen LogP contribution is 2.45. The molecule has 0 aromatic heterocycles. The molecule has 0 fully saturated rings. The van der Waals surface area contributed by atoms with Crippen LogP contribution in [-0.4, -0.2) is 5.66 Å². The Labute approximate surface area is 164 Å². The third kappa shape index (κ3) is 4.09. The first-order chi connectivity index (χ1) is 10.4. The first kappa shape index (κ1) is 17.9. The smallest absolute Gasteiger partial charge is 0.120 e. The highest BCUT2D eigenvalue weighted by atomic mass is 127. The van der Waals surface area contributed by atoms with Crippen molar-refractivity contribution in [3.8, 4) is 0 Å². The standard InChI is InChI=1S/C19H16IP.HI/c20-15-16-9-7-8-14-19(16)21(17-10-3-1-4-11-17)18-12-5-2-6-13-18;/h1-15,19H;1H. The molecule has 0 amide bonds.